The molecular formula is C17H18N2O7S. The first-order valence-electron chi connectivity index (χ1n) is 7.96. The molecule has 144 valence electrons. The molecule has 0 bridgehead atoms. The molecule has 3 heterocycles. The Morgan fingerprint density at radius 3 is 2.15 bits per heavy atom. The number of carbonyl (C=O) groups is 4. The molecule has 1 amide bonds. The lowest BCUT2D eigenvalue weighted by Gasteiger charge is -2.33. The fourth-order valence-corrected chi connectivity index (χ4v) is 3.07. The highest BCUT2D eigenvalue weighted by Crippen LogP contribution is 2.14. The summed E-state index contributed by atoms with van der Waals surface area (Å²) in [6, 6.07) is 7.12. The van der Waals surface area contributed by atoms with Crippen molar-refractivity contribution in [3.63, 3.8) is 0 Å². The van der Waals surface area contributed by atoms with E-state index in [-0.39, 0.29) is 11.7 Å². The first kappa shape index (κ1) is 20.3. The number of carboxylic acids is 2. The van der Waals surface area contributed by atoms with Crippen molar-refractivity contribution in [3.05, 3.63) is 46.5 Å². The van der Waals surface area contributed by atoms with Crippen molar-refractivity contribution in [2.75, 3.05) is 32.7 Å². The fourth-order valence-electron chi connectivity index (χ4n) is 2.38. The largest absolute Gasteiger partial charge is 0.473 e. The van der Waals surface area contributed by atoms with Gasteiger partial charge in [-0.15, -0.1) is 11.3 Å². The zero-order chi connectivity index (χ0) is 19.8. The number of amides is 1. The first-order valence-corrected chi connectivity index (χ1v) is 8.84. The summed E-state index contributed by atoms with van der Waals surface area (Å²) in [5, 5.41) is 16.7. The van der Waals surface area contributed by atoms with Gasteiger partial charge >= 0.3 is 11.9 Å². The SMILES string of the molecule is O=C(CN1CCN(C(=O)c2cccs2)CC1)c1ccco1.O=C(O)C(=O)O. The minimum atomic E-state index is -1.82. The van der Waals surface area contributed by atoms with E-state index >= 15 is 0 Å². The van der Waals surface area contributed by atoms with Gasteiger partial charge in [0.05, 0.1) is 17.7 Å². The summed E-state index contributed by atoms with van der Waals surface area (Å²) in [6.45, 7) is 3.08. The van der Waals surface area contributed by atoms with Gasteiger partial charge in [0.15, 0.2) is 5.76 Å². The van der Waals surface area contributed by atoms with Crippen LogP contribution >= 0.6 is 11.3 Å². The van der Waals surface area contributed by atoms with Crippen molar-refractivity contribution in [3.8, 4) is 0 Å². The van der Waals surface area contributed by atoms with Crippen LogP contribution in [0.5, 0.6) is 0 Å². The van der Waals surface area contributed by atoms with Crippen LogP contribution < -0.4 is 0 Å². The Labute approximate surface area is 158 Å². The third-order valence-corrected chi connectivity index (χ3v) is 4.60. The molecule has 1 saturated heterocycles. The Kier molecular flexibility index (Phi) is 7.26. The summed E-state index contributed by atoms with van der Waals surface area (Å²) < 4.78 is 5.11. The molecule has 2 aromatic heterocycles. The van der Waals surface area contributed by atoms with Crippen molar-refractivity contribution in [2.45, 2.75) is 0 Å². The van der Waals surface area contributed by atoms with Gasteiger partial charge in [-0.2, -0.15) is 0 Å². The van der Waals surface area contributed by atoms with E-state index in [1.54, 1.807) is 12.1 Å². The molecule has 27 heavy (non-hydrogen) atoms. The highest BCUT2D eigenvalue weighted by molar-refractivity contribution is 7.12. The summed E-state index contributed by atoms with van der Waals surface area (Å²) in [5.41, 5.74) is 0. The number of rotatable bonds is 4. The zero-order valence-corrected chi connectivity index (χ0v) is 15.1. The topological polar surface area (TPSA) is 128 Å². The number of hydrogen-bond donors (Lipinski definition) is 2. The van der Waals surface area contributed by atoms with E-state index in [0.29, 0.717) is 38.5 Å². The van der Waals surface area contributed by atoms with Gasteiger partial charge in [-0.05, 0) is 23.6 Å². The van der Waals surface area contributed by atoms with E-state index in [9.17, 15) is 9.59 Å². The molecule has 1 aliphatic heterocycles. The molecular weight excluding hydrogens is 376 g/mol. The van der Waals surface area contributed by atoms with Crippen LogP contribution in [0.3, 0.4) is 0 Å². The van der Waals surface area contributed by atoms with Crippen molar-refractivity contribution < 1.29 is 33.8 Å². The monoisotopic (exact) mass is 394 g/mol. The van der Waals surface area contributed by atoms with E-state index in [1.807, 2.05) is 22.4 Å². The Hall–Kier alpha value is -2.98. The summed E-state index contributed by atoms with van der Waals surface area (Å²) in [5.74, 6) is -3.18. The Morgan fingerprint density at radius 1 is 1.00 bits per heavy atom. The smallest absolute Gasteiger partial charge is 0.414 e. The van der Waals surface area contributed by atoms with Crippen molar-refractivity contribution in [1.29, 1.82) is 0 Å². The second kappa shape index (κ2) is 9.64. The van der Waals surface area contributed by atoms with E-state index in [4.69, 9.17) is 24.2 Å². The minimum absolute atomic E-state index is 0.0157. The van der Waals surface area contributed by atoms with Crippen LogP contribution in [-0.4, -0.2) is 76.4 Å². The Bertz CT molecular complexity index is 766. The molecule has 10 heteroatoms. The van der Waals surface area contributed by atoms with Gasteiger partial charge in [-0.1, -0.05) is 6.07 Å². The number of furan rings is 1. The van der Waals surface area contributed by atoms with Gasteiger partial charge < -0.3 is 19.5 Å². The predicted molar refractivity (Wildman–Crippen MR) is 95.0 cm³/mol. The third-order valence-electron chi connectivity index (χ3n) is 3.74. The average Bonchev–Trinajstić information content (AvgIpc) is 3.36. The van der Waals surface area contributed by atoms with Crippen LogP contribution in [-0.2, 0) is 9.59 Å². The number of ketones is 1. The Morgan fingerprint density at radius 2 is 1.67 bits per heavy atom. The van der Waals surface area contributed by atoms with Crippen LogP contribution in [0.4, 0.5) is 0 Å². The van der Waals surface area contributed by atoms with Crippen LogP contribution in [0, 0.1) is 0 Å². The number of carbonyl (C=O) groups excluding carboxylic acids is 2. The molecule has 0 saturated carbocycles. The first-order chi connectivity index (χ1) is 12.9. The van der Waals surface area contributed by atoms with E-state index in [1.165, 1.54) is 17.6 Å². The molecule has 3 rings (SSSR count). The molecule has 9 nitrogen and oxygen atoms in total. The second-order valence-electron chi connectivity index (χ2n) is 5.56. The predicted octanol–water partition coefficient (Wildman–Crippen LogP) is 1.14. The normalized spacial score (nSPS) is 14.1. The summed E-state index contributed by atoms with van der Waals surface area (Å²) >= 11 is 1.46. The number of nitrogens with zero attached hydrogens (tertiary/aromatic N) is 2. The van der Waals surface area contributed by atoms with Gasteiger partial charge in [-0.25, -0.2) is 9.59 Å². The lowest BCUT2D eigenvalue weighted by molar-refractivity contribution is -0.159. The molecule has 0 aliphatic carbocycles. The molecule has 0 spiro atoms. The van der Waals surface area contributed by atoms with Crippen molar-refractivity contribution in [2.24, 2.45) is 0 Å². The highest BCUT2D eigenvalue weighted by atomic mass is 32.1. The number of carboxylic acid groups (broad SMARTS) is 2. The average molecular weight is 394 g/mol. The van der Waals surface area contributed by atoms with Gasteiger partial charge in [-0.3, -0.25) is 14.5 Å². The molecule has 0 atom stereocenters. The zero-order valence-electron chi connectivity index (χ0n) is 14.2. The number of thiophene rings is 1. The second-order valence-corrected chi connectivity index (χ2v) is 6.50. The summed E-state index contributed by atoms with van der Waals surface area (Å²) in [6.07, 6.45) is 1.50. The van der Waals surface area contributed by atoms with Crippen molar-refractivity contribution in [1.82, 2.24) is 9.80 Å². The number of aliphatic carboxylic acids is 2. The standard InChI is InChI=1S/C15H16N2O3S.C2H2O4/c18-12(13-3-1-9-20-13)11-16-5-7-17(8-6-16)15(19)14-4-2-10-21-14;3-1(4)2(5)6/h1-4,9-10H,5-8,11H2;(H,3,4)(H,5,6). The molecule has 1 fully saturated rings. The number of Topliss-reactive ketones (excluding diaryl/α,β-unsaturated/α-hetero) is 1. The van der Waals surface area contributed by atoms with Gasteiger partial charge in [0, 0.05) is 26.2 Å². The number of piperazine rings is 1. The van der Waals surface area contributed by atoms with Crippen LogP contribution in [0.15, 0.2) is 40.3 Å². The molecule has 0 unspecified atom stereocenters. The maximum absolute atomic E-state index is 12.2. The minimum Gasteiger partial charge on any atom is -0.473 e. The van der Waals surface area contributed by atoms with Crippen LogP contribution in [0.1, 0.15) is 20.2 Å². The fraction of sp³-hybridized carbons (Fsp3) is 0.294. The lowest BCUT2D eigenvalue weighted by Crippen LogP contribution is -2.49. The highest BCUT2D eigenvalue weighted by Gasteiger charge is 2.24. The third kappa shape index (κ3) is 6.04. The molecule has 1 aliphatic rings. The van der Waals surface area contributed by atoms with Gasteiger partial charge in [0.2, 0.25) is 5.78 Å². The van der Waals surface area contributed by atoms with Gasteiger partial charge in [0.25, 0.3) is 5.91 Å². The molecule has 2 N–H and O–H groups in total. The van der Waals surface area contributed by atoms with Crippen LogP contribution in [0.25, 0.3) is 0 Å². The van der Waals surface area contributed by atoms with E-state index in [0.717, 1.165) is 4.88 Å². The van der Waals surface area contributed by atoms with Gasteiger partial charge in [0.1, 0.15) is 0 Å². The molecule has 2 aromatic rings. The van der Waals surface area contributed by atoms with E-state index in [2.05, 4.69) is 4.90 Å². The number of hydrogen-bond acceptors (Lipinski definition) is 7. The lowest BCUT2D eigenvalue weighted by atomic mass is 10.2. The quantitative estimate of drug-likeness (QED) is 0.583. The summed E-state index contributed by atoms with van der Waals surface area (Å²) in [4.78, 5) is 47.1. The van der Waals surface area contributed by atoms with Crippen LogP contribution in [0.2, 0.25) is 0 Å². The maximum atomic E-state index is 12.2. The summed E-state index contributed by atoms with van der Waals surface area (Å²) in [7, 11) is 0. The maximum Gasteiger partial charge on any atom is 0.414 e. The Balaban J connectivity index is 0.000000380. The molecule has 0 aromatic carbocycles. The van der Waals surface area contributed by atoms with E-state index < -0.39 is 11.9 Å². The molecule has 0 radical (unpaired) electrons. The van der Waals surface area contributed by atoms with Crippen molar-refractivity contribution >= 4 is 35.0 Å².